The van der Waals surface area contributed by atoms with Crippen LogP contribution in [0.15, 0.2) is 4.99 Å². The molecule has 0 aromatic heterocycles. The molecule has 3 N–H and O–H groups in total. The maximum Gasteiger partial charge on any atom is 0.111 e. The molecule has 0 saturated heterocycles. The summed E-state index contributed by atoms with van der Waals surface area (Å²) in [7, 11) is 0. The molecule has 12 heavy (non-hydrogen) atoms. The Hall–Kier alpha value is -0.570. The molecule has 1 aliphatic rings. The van der Waals surface area contributed by atoms with Gasteiger partial charge < -0.3 is 5.43 Å². The fourth-order valence-electron chi connectivity index (χ4n) is 1.14. The van der Waals surface area contributed by atoms with Crippen LogP contribution in [0.2, 0.25) is 0 Å². The average molecular weight is 169 g/mol. The molecule has 0 heterocycles. The molecule has 3 heteroatoms. The Kier molecular flexibility index (Phi) is 4.08. The van der Waals surface area contributed by atoms with E-state index in [4.69, 9.17) is 5.84 Å². The second-order valence-corrected chi connectivity index (χ2v) is 3.41. The first-order valence-electron chi connectivity index (χ1n) is 4.90. The molecule has 0 radical (unpaired) electrons. The SMILES string of the molecule is CCCCCC(=NC1CC1)NN. The van der Waals surface area contributed by atoms with Crippen molar-refractivity contribution in [1.82, 2.24) is 5.43 Å². The molecule has 0 atom stereocenters. The number of unbranched alkanes of at least 4 members (excludes halogenated alkanes) is 2. The van der Waals surface area contributed by atoms with Crippen LogP contribution in [-0.2, 0) is 0 Å². The summed E-state index contributed by atoms with van der Waals surface area (Å²) in [5.41, 5.74) is 2.68. The summed E-state index contributed by atoms with van der Waals surface area (Å²) in [6, 6.07) is 0.581. The average Bonchev–Trinajstić information content (AvgIpc) is 2.87. The van der Waals surface area contributed by atoms with Crippen molar-refractivity contribution in [3.63, 3.8) is 0 Å². The van der Waals surface area contributed by atoms with E-state index in [1.54, 1.807) is 0 Å². The zero-order chi connectivity index (χ0) is 8.81. The highest BCUT2D eigenvalue weighted by molar-refractivity contribution is 5.81. The van der Waals surface area contributed by atoms with Gasteiger partial charge in [0, 0.05) is 6.42 Å². The van der Waals surface area contributed by atoms with Gasteiger partial charge in [0.25, 0.3) is 0 Å². The van der Waals surface area contributed by atoms with E-state index in [0.29, 0.717) is 6.04 Å². The van der Waals surface area contributed by atoms with Gasteiger partial charge in [-0.05, 0) is 19.3 Å². The number of hydrogen-bond donors (Lipinski definition) is 2. The highest BCUT2D eigenvalue weighted by atomic mass is 15.3. The Morgan fingerprint density at radius 2 is 2.25 bits per heavy atom. The van der Waals surface area contributed by atoms with Gasteiger partial charge in [-0.1, -0.05) is 19.8 Å². The highest BCUT2D eigenvalue weighted by Gasteiger charge is 2.20. The smallest absolute Gasteiger partial charge is 0.111 e. The first-order valence-corrected chi connectivity index (χ1v) is 4.90. The fraction of sp³-hybridized carbons (Fsp3) is 0.889. The first kappa shape index (κ1) is 9.52. The van der Waals surface area contributed by atoms with Gasteiger partial charge in [-0.3, -0.25) is 4.99 Å². The van der Waals surface area contributed by atoms with Crippen LogP contribution in [0.5, 0.6) is 0 Å². The summed E-state index contributed by atoms with van der Waals surface area (Å²) in [6.07, 6.45) is 7.23. The monoisotopic (exact) mass is 169 g/mol. The van der Waals surface area contributed by atoms with Crippen LogP contribution in [-0.4, -0.2) is 11.9 Å². The summed E-state index contributed by atoms with van der Waals surface area (Å²) in [4.78, 5) is 4.46. The zero-order valence-electron chi connectivity index (χ0n) is 7.84. The third-order valence-corrected chi connectivity index (χ3v) is 2.07. The van der Waals surface area contributed by atoms with Crippen molar-refractivity contribution in [3.05, 3.63) is 0 Å². The Bertz CT molecular complexity index is 150. The number of aliphatic imine (C=N–C) groups is 1. The minimum atomic E-state index is 0.581. The normalized spacial score (nSPS) is 18.0. The molecule has 1 saturated carbocycles. The predicted molar refractivity (Wildman–Crippen MR) is 51.9 cm³/mol. The van der Waals surface area contributed by atoms with E-state index in [9.17, 15) is 0 Å². The molecule has 0 unspecified atom stereocenters. The standard InChI is InChI=1S/C9H19N3/c1-2-3-4-5-9(12-10)11-8-6-7-8/h8H,2-7,10H2,1H3,(H,11,12). The van der Waals surface area contributed by atoms with Crippen molar-refractivity contribution in [2.75, 3.05) is 0 Å². The van der Waals surface area contributed by atoms with Crippen LogP contribution in [0.4, 0.5) is 0 Å². The summed E-state index contributed by atoms with van der Waals surface area (Å²) >= 11 is 0. The van der Waals surface area contributed by atoms with Crippen molar-refractivity contribution in [3.8, 4) is 0 Å². The summed E-state index contributed by atoms with van der Waals surface area (Å²) in [5.74, 6) is 6.34. The topological polar surface area (TPSA) is 50.4 Å². The van der Waals surface area contributed by atoms with Gasteiger partial charge in [0.15, 0.2) is 0 Å². The summed E-state index contributed by atoms with van der Waals surface area (Å²) in [6.45, 7) is 2.20. The number of nitrogens with zero attached hydrogens (tertiary/aromatic N) is 1. The predicted octanol–water partition coefficient (Wildman–Crippen LogP) is 1.59. The molecule has 0 aromatic rings. The second kappa shape index (κ2) is 5.14. The molecule has 0 bridgehead atoms. The van der Waals surface area contributed by atoms with Gasteiger partial charge in [-0.15, -0.1) is 0 Å². The van der Waals surface area contributed by atoms with Gasteiger partial charge in [-0.25, -0.2) is 5.84 Å². The minimum absolute atomic E-state index is 0.581. The molecular formula is C9H19N3. The van der Waals surface area contributed by atoms with Crippen LogP contribution in [0, 0.1) is 0 Å². The molecule has 0 aromatic carbocycles. The summed E-state index contributed by atoms with van der Waals surface area (Å²) < 4.78 is 0. The lowest BCUT2D eigenvalue weighted by Gasteiger charge is -2.03. The molecule has 1 fully saturated rings. The van der Waals surface area contributed by atoms with E-state index in [1.807, 2.05) is 0 Å². The van der Waals surface area contributed by atoms with E-state index in [2.05, 4.69) is 17.3 Å². The van der Waals surface area contributed by atoms with Crippen LogP contribution in [0.3, 0.4) is 0 Å². The Labute approximate surface area is 74.4 Å². The van der Waals surface area contributed by atoms with Gasteiger partial charge in [0.2, 0.25) is 0 Å². The maximum absolute atomic E-state index is 5.35. The Morgan fingerprint density at radius 3 is 2.75 bits per heavy atom. The van der Waals surface area contributed by atoms with Crippen molar-refractivity contribution in [2.24, 2.45) is 10.8 Å². The van der Waals surface area contributed by atoms with Crippen LogP contribution in [0.1, 0.15) is 45.4 Å². The van der Waals surface area contributed by atoms with Crippen LogP contribution in [0.25, 0.3) is 0 Å². The number of nitrogens with two attached hydrogens (primary N) is 1. The van der Waals surface area contributed by atoms with E-state index in [0.717, 1.165) is 12.3 Å². The van der Waals surface area contributed by atoms with Gasteiger partial charge in [-0.2, -0.15) is 0 Å². The van der Waals surface area contributed by atoms with Crippen molar-refractivity contribution >= 4 is 5.84 Å². The molecule has 0 spiro atoms. The quantitative estimate of drug-likeness (QED) is 0.216. The number of nitrogens with one attached hydrogen (secondary N) is 1. The molecule has 1 aliphatic carbocycles. The lowest BCUT2D eigenvalue weighted by atomic mass is 10.2. The zero-order valence-corrected chi connectivity index (χ0v) is 7.84. The van der Waals surface area contributed by atoms with E-state index >= 15 is 0 Å². The Balaban J connectivity index is 2.15. The van der Waals surface area contributed by atoms with Crippen LogP contribution >= 0.6 is 0 Å². The van der Waals surface area contributed by atoms with Crippen molar-refractivity contribution in [2.45, 2.75) is 51.5 Å². The Morgan fingerprint density at radius 1 is 1.50 bits per heavy atom. The molecule has 3 nitrogen and oxygen atoms in total. The van der Waals surface area contributed by atoms with Crippen molar-refractivity contribution in [1.29, 1.82) is 0 Å². The van der Waals surface area contributed by atoms with Gasteiger partial charge in [0.05, 0.1) is 6.04 Å². The maximum atomic E-state index is 5.35. The fourth-order valence-corrected chi connectivity index (χ4v) is 1.14. The minimum Gasteiger partial charge on any atom is -0.312 e. The highest BCUT2D eigenvalue weighted by Crippen LogP contribution is 2.23. The third kappa shape index (κ3) is 3.72. The lowest BCUT2D eigenvalue weighted by Crippen LogP contribution is -2.30. The van der Waals surface area contributed by atoms with Gasteiger partial charge in [0.1, 0.15) is 5.84 Å². The molecule has 1 rings (SSSR count). The largest absolute Gasteiger partial charge is 0.312 e. The number of amidine groups is 1. The van der Waals surface area contributed by atoms with E-state index < -0.39 is 0 Å². The van der Waals surface area contributed by atoms with E-state index in [1.165, 1.54) is 32.1 Å². The molecule has 70 valence electrons. The van der Waals surface area contributed by atoms with Crippen molar-refractivity contribution < 1.29 is 0 Å². The number of hydrazine groups is 1. The molecule has 0 aliphatic heterocycles. The van der Waals surface area contributed by atoms with Crippen LogP contribution < -0.4 is 11.3 Å². The molecular weight excluding hydrogens is 150 g/mol. The molecule has 0 amide bonds. The number of rotatable bonds is 5. The van der Waals surface area contributed by atoms with Gasteiger partial charge >= 0.3 is 0 Å². The number of hydrogen-bond acceptors (Lipinski definition) is 2. The summed E-state index contributed by atoms with van der Waals surface area (Å²) in [5, 5.41) is 0. The lowest BCUT2D eigenvalue weighted by molar-refractivity contribution is 0.727. The van der Waals surface area contributed by atoms with E-state index in [-0.39, 0.29) is 0 Å². The second-order valence-electron chi connectivity index (χ2n) is 3.41. The first-order chi connectivity index (χ1) is 5.86. The third-order valence-electron chi connectivity index (χ3n) is 2.07.